The van der Waals surface area contributed by atoms with E-state index < -0.39 is 0 Å². The van der Waals surface area contributed by atoms with Crippen molar-refractivity contribution >= 4 is 46.0 Å². The van der Waals surface area contributed by atoms with Crippen molar-refractivity contribution in [2.24, 2.45) is 0 Å². The minimum atomic E-state index is -0.0738. The first-order valence-electron chi connectivity index (χ1n) is 6.68. The number of pyridine rings is 1. The normalized spacial score (nSPS) is 16.4. The van der Waals surface area contributed by atoms with E-state index in [4.69, 9.17) is 12.2 Å². The molecule has 0 radical (unpaired) electrons. The Balaban J connectivity index is 1.71. The molecule has 6 heteroatoms. The molecule has 0 atom stereocenters. The number of nitrogens with one attached hydrogen (secondary N) is 1. The average molecular weight is 327 g/mol. The molecular formula is C16H13N3OS2. The molecule has 1 amide bonds. The van der Waals surface area contributed by atoms with Gasteiger partial charge in [-0.2, -0.15) is 0 Å². The van der Waals surface area contributed by atoms with E-state index in [-0.39, 0.29) is 5.91 Å². The SMILES string of the molecule is O=C1/C(=C\c2ccccc2)SC(=S)N1CNc1cccnc1. The smallest absolute Gasteiger partial charge is 0.267 e. The zero-order valence-corrected chi connectivity index (χ0v) is 13.2. The van der Waals surface area contributed by atoms with E-state index in [1.165, 1.54) is 11.8 Å². The van der Waals surface area contributed by atoms with Crippen molar-refractivity contribution in [2.45, 2.75) is 0 Å². The quantitative estimate of drug-likeness (QED) is 0.689. The molecule has 4 nitrogen and oxygen atoms in total. The van der Waals surface area contributed by atoms with Gasteiger partial charge in [-0.3, -0.25) is 14.7 Å². The van der Waals surface area contributed by atoms with Gasteiger partial charge in [0.05, 0.1) is 17.3 Å². The minimum Gasteiger partial charge on any atom is -0.366 e. The summed E-state index contributed by atoms with van der Waals surface area (Å²) in [5.74, 6) is -0.0738. The number of thioether (sulfide) groups is 1. The Kier molecular flexibility index (Phi) is 4.50. The van der Waals surface area contributed by atoms with Gasteiger partial charge in [-0.15, -0.1) is 0 Å². The zero-order chi connectivity index (χ0) is 15.4. The third-order valence-electron chi connectivity index (χ3n) is 3.07. The number of aromatic nitrogens is 1. The van der Waals surface area contributed by atoms with Crippen LogP contribution in [0.25, 0.3) is 6.08 Å². The van der Waals surface area contributed by atoms with Gasteiger partial charge in [0, 0.05) is 12.4 Å². The first kappa shape index (κ1) is 14.7. The molecule has 0 bridgehead atoms. The molecule has 3 rings (SSSR count). The molecular weight excluding hydrogens is 314 g/mol. The number of thiocarbonyl (C=S) groups is 1. The molecule has 2 aromatic rings. The van der Waals surface area contributed by atoms with Crippen molar-refractivity contribution in [1.82, 2.24) is 9.88 Å². The summed E-state index contributed by atoms with van der Waals surface area (Å²) in [5.41, 5.74) is 1.84. The van der Waals surface area contributed by atoms with E-state index >= 15 is 0 Å². The molecule has 0 saturated carbocycles. The van der Waals surface area contributed by atoms with E-state index in [0.717, 1.165) is 11.3 Å². The van der Waals surface area contributed by atoms with Crippen LogP contribution in [0.15, 0.2) is 59.8 Å². The van der Waals surface area contributed by atoms with Crippen molar-refractivity contribution in [1.29, 1.82) is 0 Å². The standard InChI is InChI=1S/C16H13N3OS2/c20-15-14(9-12-5-2-1-3-6-12)22-16(21)19(15)11-18-13-7-4-8-17-10-13/h1-10,18H,11H2/b14-9+. The van der Waals surface area contributed by atoms with E-state index in [2.05, 4.69) is 10.3 Å². The Morgan fingerprint density at radius 2 is 2.05 bits per heavy atom. The fourth-order valence-electron chi connectivity index (χ4n) is 1.97. The molecule has 22 heavy (non-hydrogen) atoms. The number of amides is 1. The van der Waals surface area contributed by atoms with Crippen LogP contribution in [0.2, 0.25) is 0 Å². The molecule has 1 saturated heterocycles. The number of hydrogen-bond donors (Lipinski definition) is 1. The molecule has 1 N–H and O–H groups in total. The number of nitrogens with zero attached hydrogens (tertiary/aromatic N) is 2. The Labute approximate surface area is 138 Å². The molecule has 2 heterocycles. The fourth-order valence-corrected chi connectivity index (χ4v) is 3.23. The van der Waals surface area contributed by atoms with Crippen LogP contribution in [0.4, 0.5) is 5.69 Å². The van der Waals surface area contributed by atoms with E-state index in [1.807, 2.05) is 48.5 Å². The minimum absolute atomic E-state index is 0.0738. The maximum Gasteiger partial charge on any atom is 0.267 e. The van der Waals surface area contributed by atoms with Gasteiger partial charge in [-0.25, -0.2) is 0 Å². The number of hydrogen-bond acceptors (Lipinski definition) is 5. The Bertz CT molecular complexity index is 717. The van der Waals surface area contributed by atoms with Crippen LogP contribution in [-0.2, 0) is 4.79 Å². The van der Waals surface area contributed by atoms with Crippen molar-refractivity contribution < 1.29 is 4.79 Å². The maximum atomic E-state index is 12.4. The van der Waals surface area contributed by atoms with Crippen LogP contribution in [0.1, 0.15) is 5.56 Å². The lowest BCUT2D eigenvalue weighted by atomic mass is 10.2. The lowest BCUT2D eigenvalue weighted by molar-refractivity contribution is -0.121. The molecule has 1 aliphatic rings. The third-order valence-corrected chi connectivity index (χ3v) is 4.45. The summed E-state index contributed by atoms with van der Waals surface area (Å²) in [6.07, 6.45) is 5.27. The Morgan fingerprint density at radius 1 is 1.23 bits per heavy atom. The Hall–Kier alpha value is -2.18. The highest BCUT2D eigenvalue weighted by Crippen LogP contribution is 2.32. The van der Waals surface area contributed by atoms with Crippen LogP contribution in [0.5, 0.6) is 0 Å². The zero-order valence-electron chi connectivity index (χ0n) is 11.6. The van der Waals surface area contributed by atoms with Gasteiger partial charge < -0.3 is 5.32 Å². The first-order valence-corrected chi connectivity index (χ1v) is 7.91. The van der Waals surface area contributed by atoms with E-state index in [1.54, 1.807) is 17.3 Å². The third kappa shape index (κ3) is 3.35. The van der Waals surface area contributed by atoms with Crippen LogP contribution >= 0.6 is 24.0 Å². The molecule has 0 unspecified atom stereocenters. The lowest BCUT2D eigenvalue weighted by Crippen LogP contribution is -2.33. The van der Waals surface area contributed by atoms with Gasteiger partial charge in [-0.05, 0) is 23.8 Å². The summed E-state index contributed by atoms with van der Waals surface area (Å²) in [6, 6.07) is 13.5. The summed E-state index contributed by atoms with van der Waals surface area (Å²) in [7, 11) is 0. The monoisotopic (exact) mass is 327 g/mol. The van der Waals surface area contributed by atoms with Crippen molar-refractivity contribution in [2.75, 3.05) is 12.0 Å². The molecule has 0 aliphatic carbocycles. The highest BCUT2D eigenvalue weighted by atomic mass is 32.2. The van der Waals surface area contributed by atoms with Crippen LogP contribution in [-0.4, -0.2) is 26.8 Å². The molecule has 1 fully saturated rings. The largest absolute Gasteiger partial charge is 0.366 e. The average Bonchev–Trinajstić information content (AvgIpc) is 2.81. The number of anilines is 1. The van der Waals surface area contributed by atoms with E-state index in [9.17, 15) is 4.79 Å². The summed E-state index contributed by atoms with van der Waals surface area (Å²) in [6.45, 7) is 0.336. The highest BCUT2D eigenvalue weighted by molar-refractivity contribution is 8.26. The highest BCUT2D eigenvalue weighted by Gasteiger charge is 2.31. The molecule has 1 aromatic heterocycles. The van der Waals surface area contributed by atoms with Crippen molar-refractivity contribution in [3.8, 4) is 0 Å². The second-order valence-electron chi connectivity index (χ2n) is 4.60. The molecule has 1 aliphatic heterocycles. The van der Waals surface area contributed by atoms with E-state index in [0.29, 0.717) is 15.9 Å². The topological polar surface area (TPSA) is 45.2 Å². The van der Waals surface area contributed by atoms with Crippen molar-refractivity contribution in [3.63, 3.8) is 0 Å². The number of carbonyl (C=O) groups excluding carboxylic acids is 1. The Morgan fingerprint density at radius 3 is 2.77 bits per heavy atom. The molecule has 1 aromatic carbocycles. The van der Waals surface area contributed by atoms with Gasteiger partial charge >= 0.3 is 0 Å². The summed E-state index contributed by atoms with van der Waals surface area (Å²) < 4.78 is 0.559. The number of carbonyl (C=O) groups is 1. The number of benzene rings is 1. The van der Waals surface area contributed by atoms with Crippen LogP contribution in [0, 0.1) is 0 Å². The van der Waals surface area contributed by atoms with Gasteiger partial charge in [0.2, 0.25) is 0 Å². The molecule has 0 spiro atoms. The predicted octanol–water partition coefficient (Wildman–Crippen LogP) is 3.35. The summed E-state index contributed by atoms with van der Waals surface area (Å²) in [4.78, 5) is 18.7. The van der Waals surface area contributed by atoms with Crippen LogP contribution < -0.4 is 5.32 Å². The summed E-state index contributed by atoms with van der Waals surface area (Å²) in [5, 5.41) is 3.15. The fraction of sp³-hybridized carbons (Fsp3) is 0.0625. The second-order valence-corrected chi connectivity index (χ2v) is 6.27. The van der Waals surface area contributed by atoms with Gasteiger partial charge in [-0.1, -0.05) is 54.3 Å². The van der Waals surface area contributed by atoms with Crippen molar-refractivity contribution in [3.05, 3.63) is 65.3 Å². The predicted molar refractivity (Wildman–Crippen MR) is 94.2 cm³/mol. The van der Waals surface area contributed by atoms with Crippen LogP contribution in [0.3, 0.4) is 0 Å². The van der Waals surface area contributed by atoms with Gasteiger partial charge in [0.15, 0.2) is 0 Å². The summed E-state index contributed by atoms with van der Waals surface area (Å²) >= 11 is 6.62. The second kappa shape index (κ2) is 6.72. The molecule has 110 valence electrons. The maximum absolute atomic E-state index is 12.4. The van der Waals surface area contributed by atoms with Gasteiger partial charge in [0.25, 0.3) is 5.91 Å². The first-order chi connectivity index (χ1) is 10.7. The number of rotatable bonds is 4. The lowest BCUT2D eigenvalue weighted by Gasteiger charge is -2.15. The van der Waals surface area contributed by atoms with Gasteiger partial charge in [0.1, 0.15) is 4.32 Å².